The molecule has 0 aromatic carbocycles. The third-order valence-electron chi connectivity index (χ3n) is 5.70. The molecule has 3 nitrogen and oxygen atoms in total. The monoisotopic (exact) mass is 360 g/mol. The van der Waals surface area contributed by atoms with Gasteiger partial charge in [0.2, 0.25) is 8.32 Å². The van der Waals surface area contributed by atoms with Gasteiger partial charge in [0.05, 0.1) is 19.3 Å². The molecule has 3 rings (SSSR count). The standard InChI is InChI=1S/C21H32O3Si/c1-5-6-7-8-9-17-14-16(2)10-11-18(17)19-15-20(25(3,4)24-19)21-22-12-13-23-21/h5-9,15-19,21H,1,10-14H2,2-4H3/b7-6+,9-8+/t16-,17-,18-,19-/m1/s1. The molecular weight excluding hydrogens is 328 g/mol. The van der Waals surface area contributed by atoms with Gasteiger partial charge in [-0.3, -0.25) is 0 Å². The summed E-state index contributed by atoms with van der Waals surface area (Å²) in [6.07, 6.45) is 16.5. The lowest BCUT2D eigenvalue weighted by Crippen LogP contribution is -2.39. The minimum atomic E-state index is -1.91. The Morgan fingerprint density at radius 3 is 2.60 bits per heavy atom. The van der Waals surface area contributed by atoms with E-state index < -0.39 is 8.32 Å². The Balaban J connectivity index is 1.76. The first kappa shape index (κ1) is 18.8. The molecule has 25 heavy (non-hydrogen) atoms. The summed E-state index contributed by atoms with van der Waals surface area (Å²) in [4.78, 5) is 0. The molecule has 2 heterocycles. The van der Waals surface area contributed by atoms with E-state index in [2.05, 4.69) is 50.9 Å². The molecule has 138 valence electrons. The Morgan fingerprint density at radius 2 is 1.88 bits per heavy atom. The van der Waals surface area contributed by atoms with Crippen molar-refractivity contribution < 1.29 is 13.9 Å². The molecule has 4 atom stereocenters. The first-order chi connectivity index (χ1) is 12.0. The predicted molar refractivity (Wildman–Crippen MR) is 105 cm³/mol. The fourth-order valence-corrected chi connectivity index (χ4v) is 6.72. The highest BCUT2D eigenvalue weighted by Gasteiger charge is 2.46. The highest BCUT2D eigenvalue weighted by molar-refractivity contribution is 6.79. The number of ether oxygens (including phenoxy) is 2. The Hall–Kier alpha value is -0.943. The third-order valence-corrected chi connectivity index (χ3v) is 8.36. The summed E-state index contributed by atoms with van der Waals surface area (Å²) in [7, 11) is -1.91. The lowest BCUT2D eigenvalue weighted by atomic mass is 9.72. The fourth-order valence-electron chi connectivity index (χ4n) is 4.36. The second-order valence-electron chi connectivity index (χ2n) is 8.04. The number of allylic oxidation sites excluding steroid dienone is 5. The van der Waals surface area contributed by atoms with Gasteiger partial charge in [-0.2, -0.15) is 0 Å². The molecule has 0 radical (unpaired) electrons. The van der Waals surface area contributed by atoms with E-state index in [-0.39, 0.29) is 12.4 Å². The van der Waals surface area contributed by atoms with Crippen LogP contribution >= 0.6 is 0 Å². The van der Waals surface area contributed by atoms with E-state index in [0.29, 0.717) is 25.0 Å². The molecule has 1 saturated heterocycles. The van der Waals surface area contributed by atoms with E-state index in [4.69, 9.17) is 13.9 Å². The lowest BCUT2D eigenvalue weighted by Gasteiger charge is -2.37. The smallest absolute Gasteiger partial charge is 0.219 e. The van der Waals surface area contributed by atoms with Crippen molar-refractivity contribution in [1.29, 1.82) is 0 Å². The van der Waals surface area contributed by atoms with Gasteiger partial charge in [-0.15, -0.1) is 0 Å². The van der Waals surface area contributed by atoms with Crippen LogP contribution < -0.4 is 0 Å². The van der Waals surface area contributed by atoms with E-state index in [0.717, 1.165) is 5.92 Å². The third kappa shape index (κ3) is 4.43. The van der Waals surface area contributed by atoms with Crippen molar-refractivity contribution in [2.24, 2.45) is 17.8 Å². The Bertz CT molecular complexity index is 557. The van der Waals surface area contributed by atoms with Crippen LogP contribution in [0.15, 0.2) is 48.2 Å². The minimum Gasteiger partial charge on any atom is -0.406 e. The summed E-state index contributed by atoms with van der Waals surface area (Å²) >= 11 is 0. The van der Waals surface area contributed by atoms with E-state index in [9.17, 15) is 0 Å². The molecule has 3 aliphatic rings. The summed E-state index contributed by atoms with van der Waals surface area (Å²) in [5.74, 6) is 1.90. The molecule has 0 amide bonds. The van der Waals surface area contributed by atoms with Crippen molar-refractivity contribution in [3.8, 4) is 0 Å². The van der Waals surface area contributed by atoms with Crippen molar-refractivity contribution in [3.05, 3.63) is 48.2 Å². The minimum absolute atomic E-state index is 0.168. The van der Waals surface area contributed by atoms with E-state index in [1.807, 2.05) is 12.2 Å². The summed E-state index contributed by atoms with van der Waals surface area (Å²) in [6, 6.07) is 0. The van der Waals surface area contributed by atoms with Gasteiger partial charge < -0.3 is 13.9 Å². The van der Waals surface area contributed by atoms with Crippen LogP contribution in [0.2, 0.25) is 13.1 Å². The normalized spacial score (nSPS) is 36.4. The largest absolute Gasteiger partial charge is 0.406 e. The fraction of sp³-hybridized carbons (Fsp3) is 0.619. The first-order valence-corrected chi connectivity index (χ1v) is 12.5. The van der Waals surface area contributed by atoms with Crippen LogP contribution in [0.3, 0.4) is 0 Å². The highest BCUT2D eigenvalue weighted by Crippen LogP contribution is 2.43. The Labute approximate surface area is 153 Å². The molecule has 0 aromatic rings. The lowest BCUT2D eigenvalue weighted by molar-refractivity contribution is -0.00664. The SMILES string of the molecule is C=C/C=C/C=C/[C@@H]1C[C@H](C)CC[C@H]1[C@H]1C=C(C2OCCO2)[Si](C)(C)O1. The molecule has 2 aliphatic heterocycles. The van der Waals surface area contributed by atoms with Crippen molar-refractivity contribution in [2.75, 3.05) is 13.2 Å². The van der Waals surface area contributed by atoms with Gasteiger partial charge >= 0.3 is 0 Å². The zero-order chi connectivity index (χ0) is 17.9. The van der Waals surface area contributed by atoms with Gasteiger partial charge in [0.15, 0.2) is 6.29 Å². The van der Waals surface area contributed by atoms with Crippen LogP contribution in [-0.2, 0) is 13.9 Å². The average Bonchev–Trinajstić information content (AvgIpc) is 3.19. The van der Waals surface area contributed by atoms with Crippen molar-refractivity contribution in [2.45, 2.75) is 51.7 Å². The van der Waals surface area contributed by atoms with E-state index in [1.54, 1.807) is 0 Å². The van der Waals surface area contributed by atoms with Crippen LogP contribution in [-0.4, -0.2) is 33.9 Å². The van der Waals surface area contributed by atoms with E-state index in [1.165, 1.54) is 24.5 Å². The zero-order valence-corrected chi connectivity index (χ0v) is 16.8. The summed E-state index contributed by atoms with van der Waals surface area (Å²) < 4.78 is 18.2. The topological polar surface area (TPSA) is 27.7 Å². The number of rotatable bonds is 5. The maximum atomic E-state index is 6.62. The van der Waals surface area contributed by atoms with Crippen LogP contribution in [0.25, 0.3) is 0 Å². The molecule has 2 fully saturated rings. The predicted octanol–water partition coefficient (Wildman–Crippen LogP) is 4.78. The van der Waals surface area contributed by atoms with Crippen LogP contribution in [0, 0.1) is 17.8 Å². The maximum Gasteiger partial charge on any atom is 0.219 e. The van der Waals surface area contributed by atoms with Crippen LogP contribution in [0.5, 0.6) is 0 Å². The van der Waals surface area contributed by atoms with E-state index >= 15 is 0 Å². The summed E-state index contributed by atoms with van der Waals surface area (Å²) in [6.45, 7) is 12.0. The molecule has 0 bridgehead atoms. The summed E-state index contributed by atoms with van der Waals surface area (Å²) in [5.41, 5.74) is 0. The van der Waals surface area contributed by atoms with Crippen molar-refractivity contribution in [3.63, 3.8) is 0 Å². The van der Waals surface area contributed by atoms with Gasteiger partial charge in [0.1, 0.15) is 0 Å². The summed E-state index contributed by atoms with van der Waals surface area (Å²) in [5, 5.41) is 1.29. The average molecular weight is 361 g/mol. The number of hydrogen-bond acceptors (Lipinski definition) is 3. The molecular formula is C21H32O3Si. The molecule has 0 spiro atoms. The molecule has 0 N–H and O–H groups in total. The second-order valence-corrected chi connectivity index (χ2v) is 11.9. The Morgan fingerprint density at radius 1 is 1.12 bits per heavy atom. The molecule has 4 heteroatoms. The van der Waals surface area contributed by atoms with Gasteiger partial charge in [0.25, 0.3) is 0 Å². The molecule has 1 saturated carbocycles. The molecule has 1 aliphatic carbocycles. The van der Waals surface area contributed by atoms with Gasteiger partial charge in [0, 0.05) is 0 Å². The maximum absolute atomic E-state index is 6.62. The van der Waals surface area contributed by atoms with Gasteiger partial charge in [-0.1, -0.05) is 56.4 Å². The number of hydrogen-bond donors (Lipinski definition) is 0. The quantitative estimate of drug-likeness (QED) is 0.522. The van der Waals surface area contributed by atoms with Crippen LogP contribution in [0.4, 0.5) is 0 Å². The van der Waals surface area contributed by atoms with Crippen molar-refractivity contribution >= 4 is 8.32 Å². The molecule has 0 unspecified atom stereocenters. The van der Waals surface area contributed by atoms with Crippen molar-refractivity contribution in [1.82, 2.24) is 0 Å². The van der Waals surface area contributed by atoms with Crippen LogP contribution in [0.1, 0.15) is 26.2 Å². The zero-order valence-electron chi connectivity index (χ0n) is 15.8. The Kier molecular flexibility index (Phi) is 6.15. The second kappa shape index (κ2) is 8.17. The van der Waals surface area contributed by atoms with Gasteiger partial charge in [-0.25, -0.2) is 0 Å². The molecule has 0 aromatic heterocycles. The highest BCUT2D eigenvalue weighted by atomic mass is 28.4. The first-order valence-electron chi connectivity index (χ1n) is 9.60. The van der Waals surface area contributed by atoms with Gasteiger partial charge in [-0.05, 0) is 48.9 Å².